The highest BCUT2D eigenvalue weighted by Crippen LogP contribution is 2.12. The molecule has 1 aliphatic heterocycles. The van der Waals surface area contributed by atoms with Crippen molar-refractivity contribution < 1.29 is 4.74 Å². The van der Waals surface area contributed by atoms with Crippen molar-refractivity contribution in [3.8, 4) is 5.75 Å². The Kier molecular flexibility index (Phi) is 7.43. The number of nitrogens with one attached hydrogen (secondary N) is 2. The predicted molar refractivity (Wildman–Crippen MR) is 112 cm³/mol. The number of aliphatic imine (C=N–C) groups is 1. The van der Waals surface area contributed by atoms with E-state index in [1.165, 1.54) is 0 Å². The minimum atomic E-state index is 0.701. The van der Waals surface area contributed by atoms with Crippen molar-refractivity contribution in [3.63, 3.8) is 0 Å². The van der Waals surface area contributed by atoms with Crippen LogP contribution in [-0.4, -0.2) is 74.3 Å². The number of hydrogen-bond donors (Lipinski definition) is 2. The van der Waals surface area contributed by atoms with Gasteiger partial charge in [0.2, 0.25) is 5.95 Å². The van der Waals surface area contributed by atoms with Crippen molar-refractivity contribution in [1.82, 2.24) is 25.5 Å². The summed E-state index contributed by atoms with van der Waals surface area (Å²) in [5.74, 6) is 2.49. The SMILES string of the molecule is CN=C(NCCN1CCN(c2ncccn2)CC1)NCc1cccc(OC)c1. The number of hydrogen-bond acceptors (Lipinski definition) is 6. The molecule has 2 heterocycles. The summed E-state index contributed by atoms with van der Waals surface area (Å²) in [6, 6.07) is 9.88. The molecule has 150 valence electrons. The van der Waals surface area contributed by atoms with Gasteiger partial charge in [-0.1, -0.05) is 12.1 Å². The molecule has 0 spiro atoms. The van der Waals surface area contributed by atoms with Gasteiger partial charge < -0.3 is 20.3 Å². The first-order valence-corrected chi connectivity index (χ1v) is 9.60. The molecular formula is C20H29N7O. The van der Waals surface area contributed by atoms with Gasteiger partial charge in [0.1, 0.15) is 5.75 Å². The van der Waals surface area contributed by atoms with Crippen molar-refractivity contribution in [2.75, 3.05) is 58.3 Å². The van der Waals surface area contributed by atoms with E-state index in [4.69, 9.17) is 4.74 Å². The van der Waals surface area contributed by atoms with Gasteiger partial charge in [-0.15, -0.1) is 0 Å². The Morgan fingerprint density at radius 2 is 1.89 bits per heavy atom. The lowest BCUT2D eigenvalue weighted by atomic mass is 10.2. The maximum atomic E-state index is 5.27. The van der Waals surface area contributed by atoms with E-state index >= 15 is 0 Å². The summed E-state index contributed by atoms with van der Waals surface area (Å²) in [5, 5.41) is 6.73. The van der Waals surface area contributed by atoms with E-state index < -0.39 is 0 Å². The van der Waals surface area contributed by atoms with Crippen LogP contribution in [0.25, 0.3) is 0 Å². The van der Waals surface area contributed by atoms with Crippen LogP contribution in [0.5, 0.6) is 5.75 Å². The minimum absolute atomic E-state index is 0.701. The first-order chi connectivity index (χ1) is 13.8. The molecule has 0 atom stereocenters. The van der Waals surface area contributed by atoms with Crippen molar-refractivity contribution in [2.24, 2.45) is 4.99 Å². The van der Waals surface area contributed by atoms with Gasteiger partial charge in [-0.05, 0) is 23.8 Å². The fourth-order valence-corrected chi connectivity index (χ4v) is 3.15. The fraction of sp³-hybridized carbons (Fsp3) is 0.450. The molecular weight excluding hydrogens is 354 g/mol. The average molecular weight is 384 g/mol. The van der Waals surface area contributed by atoms with E-state index in [9.17, 15) is 0 Å². The zero-order valence-corrected chi connectivity index (χ0v) is 16.6. The molecule has 8 heteroatoms. The number of anilines is 1. The number of benzene rings is 1. The second kappa shape index (κ2) is 10.5. The normalized spacial score (nSPS) is 15.4. The van der Waals surface area contributed by atoms with Crippen molar-refractivity contribution >= 4 is 11.9 Å². The van der Waals surface area contributed by atoms with Gasteiger partial charge in [-0.25, -0.2) is 9.97 Å². The van der Waals surface area contributed by atoms with Crippen molar-refractivity contribution in [1.29, 1.82) is 0 Å². The van der Waals surface area contributed by atoms with Crippen LogP contribution in [0.15, 0.2) is 47.7 Å². The Labute approximate surface area is 166 Å². The summed E-state index contributed by atoms with van der Waals surface area (Å²) < 4.78 is 5.27. The van der Waals surface area contributed by atoms with Gasteiger partial charge in [0.25, 0.3) is 0 Å². The van der Waals surface area contributed by atoms with Gasteiger partial charge in [-0.3, -0.25) is 9.89 Å². The lowest BCUT2D eigenvalue weighted by Gasteiger charge is -2.34. The number of guanidine groups is 1. The molecule has 1 fully saturated rings. The lowest BCUT2D eigenvalue weighted by molar-refractivity contribution is 0.260. The number of ether oxygens (including phenoxy) is 1. The maximum absolute atomic E-state index is 5.27. The molecule has 0 saturated carbocycles. The molecule has 0 amide bonds. The maximum Gasteiger partial charge on any atom is 0.225 e. The smallest absolute Gasteiger partial charge is 0.225 e. The van der Waals surface area contributed by atoms with E-state index in [2.05, 4.69) is 41.5 Å². The molecule has 2 N–H and O–H groups in total. The van der Waals surface area contributed by atoms with E-state index in [1.807, 2.05) is 24.3 Å². The third-order valence-corrected chi connectivity index (χ3v) is 4.75. The van der Waals surface area contributed by atoms with Crippen molar-refractivity contribution in [2.45, 2.75) is 6.54 Å². The Morgan fingerprint density at radius 3 is 2.61 bits per heavy atom. The third kappa shape index (κ3) is 5.82. The Hall–Kier alpha value is -2.87. The highest BCUT2D eigenvalue weighted by atomic mass is 16.5. The average Bonchev–Trinajstić information content (AvgIpc) is 2.77. The molecule has 0 unspecified atom stereocenters. The molecule has 0 aliphatic carbocycles. The predicted octanol–water partition coefficient (Wildman–Crippen LogP) is 0.972. The molecule has 1 aromatic heterocycles. The van der Waals surface area contributed by atoms with Gasteiger partial charge >= 0.3 is 0 Å². The molecule has 1 saturated heterocycles. The Bertz CT molecular complexity index is 745. The van der Waals surface area contributed by atoms with E-state index in [0.29, 0.717) is 6.54 Å². The Balaban J connectivity index is 1.36. The molecule has 0 radical (unpaired) electrons. The van der Waals surface area contributed by atoms with E-state index in [0.717, 1.165) is 62.5 Å². The number of aromatic nitrogens is 2. The van der Waals surface area contributed by atoms with Gasteiger partial charge in [0.05, 0.1) is 7.11 Å². The molecule has 0 bridgehead atoms. The zero-order chi connectivity index (χ0) is 19.6. The van der Waals surface area contributed by atoms with Crippen LogP contribution in [0.2, 0.25) is 0 Å². The largest absolute Gasteiger partial charge is 0.497 e. The van der Waals surface area contributed by atoms with Gasteiger partial charge in [0, 0.05) is 65.3 Å². The highest BCUT2D eigenvalue weighted by molar-refractivity contribution is 5.79. The Morgan fingerprint density at radius 1 is 1.11 bits per heavy atom. The molecule has 2 aromatic rings. The number of rotatable bonds is 7. The summed E-state index contributed by atoms with van der Waals surface area (Å²) in [6.07, 6.45) is 3.59. The van der Waals surface area contributed by atoms with Crippen LogP contribution in [0.3, 0.4) is 0 Å². The van der Waals surface area contributed by atoms with Gasteiger partial charge in [-0.2, -0.15) is 0 Å². The third-order valence-electron chi connectivity index (χ3n) is 4.75. The van der Waals surface area contributed by atoms with Gasteiger partial charge in [0.15, 0.2) is 5.96 Å². The number of piperazine rings is 1. The zero-order valence-electron chi connectivity index (χ0n) is 16.6. The fourth-order valence-electron chi connectivity index (χ4n) is 3.15. The lowest BCUT2D eigenvalue weighted by Crippen LogP contribution is -2.49. The summed E-state index contributed by atoms with van der Waals surface area (Å²) >= 11 is 0. The van der Waals surface area contributed by atoms with Crippen LogP contribution in [0.1, 0.15) is 5.56 Å². The first kappa shape index (κ1) is 19.9. The summed E-state index contributed by atoms with van der Waals surface area (Å²) in [5.41, 5.74) is 1.15. The topological polar surface area (TPSA) is 77.9 Å². The number of nitrogens with zero attached hydrogens (tertiary/aromatic N) is 5. The van der Waals surface area contributed by atoms with Crippen LogP contribution >= 0.6 is 0 Å². The van der Waals surface area contributed by atoms with Crippen LogP contribution in [-0.2, 0) is 6.54 Å². The molecule has 8 nitrogen and oxygen atoms in total. The summed E-state index contributed by atoms with van der Waals surface area (Å²) in [7, 11) is 3.47. The minimum Gasteiger partial charge on any atom is -0.497 e. The molecule has 1 aliphatic rings. The monoisotopic (exact) mass is 383 g/mol. The van der Waals surface area contributed by atoms with Crippen LogP contribution < -0.4 is 20.3 Å². The summed E-state index contributed by atoms with van der Waals surface area (Å²) in [4.78, 5) is 17.6. The number of methoxy groups -OCH3 is 1. The quantitative estimate of drug-likeness (QED) is 0.545. The molecule has 28 heavy (non-hydrogen) atoms. The second-order valence-electron chi connectivity index (χ2n) is 6.58. The van der Waals surface area contributed by atoms with Crippen molar-refractivity contribution in [3.05, 3.63) is 48.3 Å². The molecule has 1 aromatic carbocycles. The highest BCUT2D eigenvalue weighted by Gasteiger charge is 2.18. The van der Waals surface area contributed by atoms with E-state index in [-0.39, 0.29) is 0 Å². The second-order valence-corrected chi connectivity index (χ2v) is 6.58. The standard InChI is InChI=1S/C20H29N7O/c1-21-19(25-16-17-5-3-6-18(15-17)28-2)22-9-10-26-11-13-27(14-12-26)20-23-7-4-8-24-20/h3-8,15H,9-14,16H2,1-2H3,(H2,21,22,25). The first-order valence-electron chi connectivity index (χ1n) is 9.60. The van der Waals surface area contributed by atoms with Crippen LogP contribution in [0.4, 0.5) is 5.95 Å². The van der Waals surface area contributed by atoms with E-state index in [1.54, 1.807) is 26.6 Å². The molecule has 3 rings (SSSR count). The van der Waals surface area contributed by atoms with Crippen LogP contribution in [0, 0.1) is 0 Å². The summed E-state index contributed by atoms with van der Waals surface area (Å²) in [6.45, 7) is 6.45.